The molecule has 0 heterocycles. The molecule has 6 heteroatoms. The minimum atomic E-state index is -0.387. The molecule has 0 saturated heterocycles. The van der Waals surface area contributed by atoms with Crippen LogP contribution in [0.2, 0.25) is 0 Å². The molecule has 0 bridgehead atoms. The summed E-state index contributed by atoms with van der Waals surface area (Å²) in [5.41, 5.74) is 0.439. The molecule has 2 amide bonds. The van der Waals surface area contributed by atoms with Gasteiger partial charge in [0.1, 0.15) is 5.82 Å². The summed E-state index contributed by atoms with van der Waals surface area (Å²) < 4.78 is 12.8. The van der Waals surface area contributed by atoms with Crippen molar-refractivity contribution >= 4 is 17.6 Å². The van der Waals surface area contributed by atoms with Crippen LogP contribution in [0, 0.1) is 5.82 Å². The minimum Gasteiger partial charge on any atom is -0.352 e. The van der Waals surface area contributed by atoms with E-state index in [-0.39, 0.29) is 48.8 Å². The number of hydrogen-bond acceptors (Lipinski definition) is 3. The summed E-state index contributed by atoms with van der Waals surface area (Å²) in [5.74, 6) is -0.918. The Kier molecular flexibility index (Phi) is 7.57. The summed E-state index contributed by atoms with van der Waals surface area (Å²) in [5, 5.41) is 5.52. The Balaban J connectivity index is 1.59. The molecule has 25 heavy (non-hydrogen) atoms. The Morgan fingerprint density at radius 1 is 0.960 bits per heavy atom. The summed E-state index contributed by atoms with van der Waals surface area (Å²) >= 11 is 0. The first-order valence-corrected chi connectivity index (χ1v) is 8.89. The van der Waals surface area contributed by atoms with Crippen molar-refractivity contribution in [2.45, 2.75) is 57.4 Å². The van der Waals surface area contributed by atoms with Gasteiger partial charge < -0.3 is 10.6 Å². The molecule has 1 aromatic rings. The van der Waals surface area contributed by atoms with Crippen molar-refractivity contribution in [3.63, 3.8) is 0 Å². The third-order valence-electron chi connectivity index (χ3n) is 4.39. The van der Waals surface area contributed by atoms with E-state index in [4.69, 9.17) is 0 Å². The van der Waals surface area contributed by atoms with Crippen LogP contribution in [-0.4, -0.2) is 30.2 Å². The van der Waals surface area contributed by atoms with Crippen molar-refractivity contribution in [1.29, 1.82) is 0 Å². The zero-order valence-corrected chi connectivity index (χ0v) is 14.4. The molecule has 1 saturated carbocycles. The first-order valence-electron chi connectivity index (χ1n) is 8.89. The Morgan fingerprint density at radius 2 is 1.64 bits per heavy atom. The number of halogens is 1. The number of carbonyl (C=O) groups excluding carboxylic acids is 3. The number of Topliss-reactive ketones (excluding diaryl/α,β-unsaturated/α-hetero) is 1. The van der Waals surface area contributed by atoms with Crippen LogP contribution in [-0.2, 0) is 9.59 Å². The van der Waals surface area contributed by atoms with E-state index in [1.54, 1.807) is 0 Å². The average molecular weight is 348 g/mol. The van der Waals surface area contributed by atoms with Crippen molar-refractivity contribution in [3.8, 4) is 0 Å². The molecular weight excluding hydrogens is 323 g/mol. The van der Waals surface area contributed by atoms with Gasteiger partial charge in [0, 0.05) is 24.4 Å². The van der Waals surface area contributed by atoms with Crippen molar-refractivity contribution < 1.29 is 18.8 Å². The van der Waals surface area contributed by atoms with Crippen LogP contribution in [0.15, 0.2) is 24.3 Å². The lowest BCUT2D eigenvalue weighted by Gasteiger charge is -2.22. The molecular formula is C19H25FN2O3. The van der Waals surface area contributed by atoms with Crippen molar-refractivity contribution in [1.82, 2.24) is 10.6 Å². The van der Waals surface area contributed by atoms with Gasteiger partial charge >= 0.3 is 0 Å². The fraction of sp³-hybridized carbons (Fsp3) is 0.526. The normalized spacial score (nSPS) is 14.8. The van der Waals surface area contributed by atoms with Gasteiger partial charge in [-0.25, -0.2) is 4.39 Å². The molecule has 136 valence electrons. The first-order chi connectivity index (χ1) is 12.0. The second-order valence-corrected chi connectivity index (χ2v) is 6.46. The number of ketones is 1. The molecule has 1 aromatic carbocycles. The van der Waals surface area contributed by atoms with Crippen LogP contribution in [0.4, 0.5) is 4.39 Å². The molecule has 2 rings (SSSR count). The lowest BCUT2D eigenvalue weighted by Crippen LogP contribution is -2.42. The SMILES string of the molecule is O=C(CCCC(=O)c1ccc(F)cc1)NCC(=O)NC1CCCCC1. The van der Waals surface area contributed by atoms with Gasteiger partial charge in [-0.3, -0.25) is 14.4 Å². The summed E-state index contributed by atoms with van der Waals surface area (Å²) in [7, 11) is 0. The maximum atomic E-state index is 12.8. The first kappa shape index (κ1) is 19.1. The largest absolute Gasteiger partial charge is 0.352 e. The van der Waals surface area contributed by atoms with Gasteiger partial charge in [-0.1, -0.05) is 19.3 Å². The molecule has 0 spiro atoms. The smallest absolute Gasteiger partial charge is 0.239 e. The van der Waals surface area contributed by atoms with Gasteiger partial charge in [-0.05, 0) is 43.5 Å². The van der Waals surface area contributed by atoms with Gasteiger partial charge in [-0.15, -0.1) is 0 Å². The van der Waals surface area contributed by atoms with E-state index in [2.05, 4.69) is 10.6 Å². The van der Waals surface area contributed by atoms with Crippen molar-refractivity contribution in [2.24, 2.45) is 0 Å². The fourth-order valence-electron chi connectivity index (χ4n) is 2.98. The van der Waals surface area contributed by atoms with Crippen LogP contribution in [0.1, 0.15) is 61.7 Å². The molecule has 5 nitrogen and oxygen atoms in total. The summed E-state index contributed by atoms with van der Waals surface area (Å²) in [4.78, 5) is 35.5. The topological polar surface area (TPSA) is 75.3 Å². The van der Waals surface area contributed by atoms with Gasteiger partial charge in [-0.2, -0.15) is 0 Å². The van der Waals surface area contributed by atoms with Crippen LogP contribution in [0.3, 0.4) is 0 Å². The molecule has 1 aliphatic rings. The van der Waals surface area contributed by atoms with E-state index in [1.807, 2.05) is 0 Å². The predicted molar refractivity (Wildman–Crippen MR) is 92.6 cm³/mol. The number of rotatable bonds is 8. The number of amides is 2. The summed E-state index contributed by atoms with van der Waals surface area (Å²) in [6.45, 7) is -0.0265. The van der Waals surface area contributed by atoms with Crippen molar-refractivity contribution in [2.75, 3.05) is 6.54 Å². The molecule has 0 aromatic heterocycles. The second-order valence-electron chi connectivity index (χ2n) is 6.46. The van der Waals surface area contributed by atoms with Gasteiger partial charge in [0.2, 0.25) is 11.8 Å². The summed E-state index contributed by atoms with van der Waals surface area (Å²) in [6.07, 6.45) is 6.30. The maximum Gasteiger partial charge on any atom is 0.239 e. The van der Waals surface area contributed by atoms with E-state index < -0.39 is 0 Å². The van der Waals surface area contributed by atoms with Gasteiger partial charge in [0.25, 0.3) is 0 Å². The summed E-state index contributed by atoms with van der Waals surface area (Å²) in [6, 6.07) is 5.59. The molecule has 0 unspecified atom stereocenters. The number of nitrogens with one attached hydrogen (secondary N) is 2. The van der Waals surface area contributed by atoms with E-state index in [0.29, 0.717) is 12.0 Å². The third kappa shape index (κ3) is 7.03. The quantitative estimate of drug-likeness (QED) is 0.709. The van der Waals surface area contributed by atoms with E-state index in [1.165, 1.54) is 30.7 Å². The van der Waals surface area contributed by atoms with Crippen LogP contribution >= 0.6 is 0 Å². The monoisotopic (exact) mass is 348 g/mol. The molecule has 0 atom stereocenters. The predicted octanol–water partition coefficient (Wildman–Crippen LogP) is 2.74. The molecule has 0 aliphatic heterocycles. The van der Waals surface area contributed by atoms with Crippen LogP contribution in [0.25, 0.3) is 0 Å². The number of carbonyl (C=O) groups is 3. The van der Waals surface area contributed by atoms with Gasteiger partial charge in [0.05, 0.1) is 6.54 Å². The molecule has 2 N–H and O–H groups in total. The zero-order valence-electron chi connectivity index (χ0n) is 14.4. The zero-order chi connectivity index (χ0) is 18.1. The lowest BCUT2D eigenvalue weighted by molar-refractivity contribution is -0.126. The highest BCUT2D eigenvalue weighted by atomic mass is 19.1. The Morgan fingerprint density at radius 3 is 2.32 bits per heavy atom. The van der Waals surface area contributed by atoms with Gasteiger partial charge in [0.15, 0.2) is 5.78 Å². The van der Waals surface area contributed by atoms with Crippen molar-refractivity contribution in [3.05, 3.63) is 35.6 Å². The average Bonchev–Trinajstić information content (AvgIpc) is 2.61. The minimum absolute atomic E-state index is 0.0265. The van der Waals surface area contributed by atoms with E-state index in [9.17, 15) is 18.8 Å². The second kappa shape index (κ2) is 9.91. The maximum absolute atomic E-state index is 12.8. The van der Waals surface area contributed by atoms with E-state index >= 15 is 0 Å². The van der Waals surface area contributed by atoms with E-state index in [0.717, 1.165) is 25.7 Å². The molecule has 1 fully saturated rings. The Bertz CT molecular complexity index is 595. The Hall–Kier alpha value is -2.24. The highest BCUT2D eigenvalue weighted by Crippen LogP contribution is 2.17. The third-order valence-corrected chi connectivity index (χ3v) is 4.39. The highest BCUT2D eigenvalue weighted by Gasteiger charge is 2.16. The van der Waals surface area contributed by atoms with Crippen LogP contribution < -0.4 is 10.6 Å². The van der Waals surface area contributed by atoms with Crippen LogP contribution in [0.5, 0.6) is 0 Å². The highest BCUT2D eigenvalue weighted by molar-refractivity contribution is 5.96. The number of hydrogen-bond donors (Lipinski definition) is 2. The Labute approximate surface area is 147 Å². The number of benzene rings is 1. The fourth-order valence-corrected chi connectivity index (χ4v) is 2.98. The lowest BCUT2D eigenvalue weighted by atomic mass is 9.95. The molecule has 0 radical (unpaired) electrons. The standard InChI is InChI=1S/C19H25FN2O3/c20-15-11-9-14(10-12-15)17(23)7-4-8-18(24)21-13-19(25)22-16-5-2-1-3-6-16/h9-12,16H,1-8,13H2,(H,21,24)(H,22,25). The molecule has 1 aliphatic carbocycles.